The SMILES string of the molecule is COc1cc(C)c(C)cc1S(=O)(=O)NC(C)(C)Cc1c[nH]c2ccccc12. The Bertz CT molecular complexity index is 1080. The van der Waals surface area contributed by atoms with E-state index in [-0.39, 0.29) is 4.90 Å². The van der Waals surface area contributed by atoms with Gasteiger partial charge >= 0.3 is 0 Å². The van der Waals surface area contributed by atoms with Gasteiger partial charge in [0, 0.05) is 22.6 Å². The van der Waals surface area contributed by atoms with Gasteiger partial charge < -0.3 is 9.72 Å². The maximum Gasteiger partial charge on any atom is 0.244 e. The number of fused-ring (bicyclic) bond motifs is 1. The fourth-order valence-electron chi connectivity index (χ4n) is 3.34. The molecule has 144 valence electrons. The van der Waals surface area contributed by atoms with Gasteiger partial charge in [-0.05, 0) is 69.0 Å². The first-order valence-electron chi connectivity index (χ1n) is 8.87. The van der Waals surface area contributed by atoms with Crippen molar-refractivity contribution < 1.29 is 13.2 Å². The minimum atomic E-state index is -3.74. The fourth-order valence-corrected chi connectivity index (χ4v) is 4.99. The molecule has 0 aliphatic carbocycles. The van der Waals surface area contributed by atoms with Crippen LogP contribution >= 0.6 is 0 Å². The molecule has 0 spiro atoms. The number of rotatable bonds is 6. The van der Waals surface area contributed by atoms with E-state index in [1.165, 1.54) is 7.11 Å². The lowest BCUT2D eigenvalue weighted by Gasteiger charge is -2.26. The summed E-state index contributed by atoms with van der Waals surface area (Å²) in [5.41, 5.74) is 3.34. The van der Waals surface area contributed by atoms with Crippen LogP contribution in [-0.4, -0.2) is 26.1 Å². The van der Waals surface area contributed by atoms with Crippen molar-refractivity contribution in [1.82, 2.24) is 9.71 Å². The third-order valence-corrected chi connectivity index (χ3v) is 6.51. The Morgan fingerprint density at radius 2 is 1.78 bits per heavy atom. The number of nitrogens with one attached hydrogen (secondary N) is 2. The van der Waals surface area contributed by atoms with E-state index in [1.807, 2.05) is 58.2 Å². The lowest BCUT2D eigenvalue weighted by atomic mass is 9.96. The van der Waals surface area contributed by atoms with Gasteiger partial charge in [0.2, 0.25) is 10.0 Å². The van der Waals surface area contributed by atoms with Gasteiger partial charge in [0.15, 0.2) is 0 Å². The molecule has 0 fully saturated rings. The zero-order valence-electron chi connectivity index (χ0n) is 16.4. The molecule has 0 bridgehead atoms. The number of aromatic amines is 1. The number of para-hydroxylation sites is 1. The number of aryl methyl sites for hydroxylation is 2. The molecule has 0 unspecified atom stereocenters. The summed E-state index contributed by atoms with van der Waals surface area (Å²) in [4.78, 5) is 3.41. The molecule has 27 heavy (non-hydrogen) atoms. The predicted molar refractivity (Wildman–Crippen MR) is 109 cm³/mol. The Balaban J connectivity index is 1.91. The van der Waals surface area contributed by atoms with Crippen molar-refractivity contribution in [2.24, 2.45) is 0 Å². The van der Waals surface area contributed by atoms with Crippen molar-refractivity contribution >= 4 is 20.9 Å². The second kappa shape index (κ2) is 7.02. The van der Waals surface area contributed by atoms with Crippen LogP contribution < -0.4 is 9.46 Å². The maximum atomic E-state index is 13.1. The van der Waals surface area contributed by atoms with Crippen LogP contribution in [-0.2, 0) is 16.4 Å². The number of benzene rings is 2. The summed E-state index contributed by atoms with van der Waals surface area (Å²) in [6.07, 6.45) is 2.50. The van der Waals surface area contributed by atoms with Gasteiger partial charge in [-0.15, -0.1) is 0 Å². The molecule has 6 heteroatoms. The van der Waals surface area contributed by atoms with E-state index in [9.17, 15) is 8.42 Å². The zero-order valence-corrected chi connectivity index (χ0v) is 17.2. The van der Waals surface area contributed by atoms with Crippen LogP contribution in [0.5, 0.6) is 5.75 Å². The first-order valence-corrected chi connectivity index (χ1v) is 10.4. The minimum absolute atomic E-state index is 0.167. The van der Waals surface area contributed by atoms with Crippen LogP contribution in [0.1, 0.15) is 30.5 Å². The maximum absolute atomic E-state index is 13.1. The molecule has 0 saturated carbocycles. The van der Waals surface area contributed by atoms with E-state index in [1.54, 1.807) is 12.1 Å². The molecule has 0 radical (unpaired) electrons. The van der Waals surface area contributed by atoms with Gasteiger partial charge in [0.05, 0.1) is 7.11 Å². The van der Waals surface area contributed by atoms with E-state index in [0.717, 1.165) is 27.6 Å². The molecule has 3 rings (SSSR count). The van der Waals surface area contributed by atoms with Gasteiger partial charge in [-0.25, -0.2) is 13.1 Å². The van der Waals surface area contributed by atoms with Gasteiger partial charge in [0.25, 0.3) is 0 Å². The third kappa shape index (κ3) is 4.01. The summed E-state index contributed by atoms with van der Waals surface area (Å²) in [6, 6.07) is 11.4. The molecular formula is C21H26N2O3S. The van der Waals surface area contributed by atoms with Crippen LogP contribution in [0.2, 0.25) is 0 Å². The summed E-state index contributed by atoms with van der Waals surface area (Å²) in [5, 5.41) is 1.11. The van der Waals surface area contributed by atoms with Gasteiger partial charge in [-0.1, -0.05) is 18.2 Å². The number of hydrogen-bond donors (Lipinski definition) is 2. The quantitative estimate of drug-likeness (QED) is 0.670. The summed E-state index contributed by atoms with van der Waals surface area (Å²) >= 11 is 0. The lowest BCUT2D eigenvalue weighted by molar-refractivity contribution is 0.399. The average Bonchev–Trinajstić information content (AvgIpc) is 2.98. The normalized spacial score (nSPS) is 12.5. The van der Waals surface area contributed by atoms with Crippen molar-refractivity contribution in [3.63, 3.8) is 0 Å². The highest BCUT2D eigenvalue weighted by atomic mass is 32.2. The highest BCUT2D eigenvalue weighted by molar-refractivity contribution is 7.89. The van der Waals surface area contributed by atoms with Crippen LogP contribution in [0.4, 0.5) is 0 Å². The number of sulfonamides is 1. The Morgan fingerprint density at radius 3 is 2.48 bits per heavy atom. The number of H-pyrrole nitrogens is 1. The molecule has 3 aromatic rings. The summed E-state index contributed by atoms with van der Waals surface area (Å²) in [6.45, 7) is 7.60. The van der Waals surface area contributed by atoms with E-state index in [0.29, 0.717) is 12.2 Å². The molecule has 0 atom stereocenters. The van der Waals surface area contributed by atoms with E-state index < -0.39 is 15.6 Å². The Morgan fingerprint density at radius 1 is 1.11 bits per heavy atom. The Labute approximate surface area is 160 Å². The standard InChI is InChI=1S/C21H26N2O3S/c1-14-10-19(26-5)20(11-15(14)2)27(24,25)23-21(3,4)12-16-13-22-18-9-7-6-8-17(16)18/h6-11,13,22-23H,12H2,1-5H3. The van der Waals surface area contributed by atoms with Crippen molar-refractivity contribution in [2.75, 3.05) is 7.11 Å². The predicted octanol–water partition coefficient (Wildman–Crippen LogP) is 4.09. The first kappa shape index (κ1) is 19.5. The molecule has 0 amide bonds. The summed E-state index contributed by atoms with van der Waals surface area (Å²) in [7, 11) is -2.26. The summed E-state index contributed by atoms with van der Waals surface area (Å²) < 4.78 is 34.3. The van der Waals surface area contributed by atoms with Crippen LogP contribution in [0, 0.1) is 13.8 Å². The molecule has 0 aliphatic heterocycles. The second-order valence-corrected chi connectivity index (χ2v) is 9.26. The molecule has 0 aliphatic rings. The molecule has 2 N–H and O–H groups in total. The van der Waals surface area contributed by atoms with Gasteiger partial charge in [0.1, 0.15) is 10.6 Å². The van der Waals surface area contributed by atoms with Crippen LogP contribution in [0.25, 0.3) is 10.9 Å². The number of methoxy groups -OCH3 is 1. The molecular weight excluding hydrogens is 360 g/mol. The highest BCUT2D eigenvalue weighted by Crippen LogP contribution is 2.29. The smallest absolute Gasteiger partial charge is 0.244 e. The van der Waals surface area contributed by atoms with Crippen LogP contribution in [0.3, 0.4) is 0 Å². The number of hydrogen-bond acceptors (Lipinski definition) is 3. The average molecular weight is 387 g/mol. The fraction of sp³-hybridized carbons (Fsp3) is 0.333. The second-order valence-electron chi connectivity index (χ2n) is 7.61. The monoisotopic (exact) mass is 386 g/mol. The van der Waals surface area contributed by atoms with E-state index in [2.05, 4.69) is 9.71 Å². The third-order valence-electron chi connectivity index (χ3n) is 4.79. The van der Waals surface area contributed by atoms with E-state index >= 15 is 0 Å². The highest BCUT2D eigenvalue weighted by Gasteiger charge is 2.29. The molecule has 2 aromatic carbocycles. The zero-order chi connectivity index (χ0) is 19.8. The molecule has 1 aromatic heterocycles. The number of aromatic nitrogens is 1. The van der Waals surface area contributed by atoms with Gasteiger partial charge in [-0.3, -0.25) is 0 Å². The minimum Gasteiger partial charge on any atom is -0.495 e. The van der Waals surface area contributed by atoms with Crippen molar-refractivity contribution in [2.45, 2.75) is 44.6 Å². The first-order chi connectivity index (χ1) is 12.6. The van der Waals surface area contributed by atoms with Crippen molar-refractivity contribution in [3.05, 3.63) is 59.3 Å². The van der Waals surface area contributed by atoms with Crippen molar-refractivity contribution in [1.29, 1.82) is 0 Å². The van der Waals surface area contributed by atoms with Gasteiger partial charge in [-0.2, -0.15) is 0 Å². The molecule has 5 nitrogen and oxygen atoms in total. The van der Waals surface area contributed by atoms with Crippen LogP contribution in [0.15, 0.2) is 47.5 Å². The molecule has 0 saturated heterocycles. The molecule has 1 heterocycles. The lowest BCUT2D eigenvalue weighted by Crippen LogP contribution is -2.45. The Hall–Kier alpha value is -2.31. The van der Waals surface area contributed by atoms with Crippen molar-refractivity contribution in [3.8, 4) is 5.75 Å². The topological polar surface area (TPSA) is 71.2 Å². The van der Waals surface area contributed by atoms with E-state index in [4.69, 9.17) is 4.74 Å². The largest absolute Gasteiger partial charge is 0.495 e. The number of ether oxygens (including phenoxy) is 1. The summed E-state index contributed by atoms with van der Waals surface area (Å²) in [5.74, 6) is 0.355. The Kier molecular flexibility index (Phi) is 5.06.